The molecule has 0 amide bonds. The molecule has 1 fully saturated rings. The van der Waals surface area contributed by atoms with E-state index in [4.69, 9.17) is 10.5 Å². The predicted octanol–water partition coefficient (Wildman–Crippen LogP) is -0.616. The van der Waals surface area contributed by atoms with Crippen LogP contribution in [0.2, 0.25) is 5.32 Å². The summed E-state index contributed by atoms with van der Waals surface area (Å²) in [4.78, 5) is 22.9. The van der Waals surface area contributed by atoms with Gasteiger partial charge in [-0.15, -0.1) is 0 Å². The number of anilines is 1. The zero-order chi connectivity index (χ0) is 19.8. The molecule has 0 bridgehead atoms. The van der Waals surface area contributed by atoms with Crippen LogP contribution in [0.5, 0.6) is 0 Å². The van der Waals surface area contributed by atoms with Crippen molar-refractivity contribution in [1.29, 1.82) is 0 Å². The van der Waals surface area contributed by atoms with Crippen LogP contribution in [-0.2, 0) is 4.74 Å². The second-order valence-electron chi connectivity index (χ2n) is 6.17. The van der Waals surface area contributed by atoms with Crippen LogP contribution in [0, 0.1) is 10.1 Å². The van der Waals surface area contributed by atoms with Crippen molar-refractivity contribution in [3.05, 3.63) is 47.0 Å². The minimum absolute atomic E-state index is 0.0415. The third-order valence-electron chi connectivity index (χ3n) is 4.46. The zero-order valence-corrected chi connectivity index (χ0v) is 16.0. The monoisotopic (exact) mass is 452 g/mol. The summed E-state index contributed by atoms with van der Waals surface area (Å²) in [6, 6.07) is 6.48. The maximum absolute atomic E-state index is 11.2. The number of nitro benzene ring substituents is 1. The van der Waals surface area contributed by atoms with Gasteiger partial charge in [0.25, 0.3) is 0 Å². The van der Waals surface area contributed by atoms with Crippen LogP contribution in [0.1, 0.15) is 6.23 Å². The van der Waals surface area contributed by atoms with E-state index in [1.54, 1.807) is 18.2 Å². The number of rotatable bonds is 5. The number of aromatic nitrogens is 4. The number of hydrogen-bond donors (Lipinski definition) is 3. The summed E-state index contributed by atoms with van der Waals surface area (Å²) in [5.74, 6) is 0.202. The number of aliphatic hydroxyl groups is 2. The van der Waals surface area contributed by atoms with E-state index >= 15 is 0 Å². The van der Waals surface area contributed by atoms with Gasteiger partial charge in [0.1, 0.15) is 0 Å². The number of nitrogens with zero attached hydrogens (tertiary/aromatic N) is 5. The van der Waals surface area contributed by atoms with Crippen LogP contribution in [0.25, 0.3) is 11.2 Å². The number of nitro groups is 1. The molecule has 11 nitrogen and oxygen atoms in total. The van der Waals surface area contributed by atoms with E-state index in [0.717, 1.165) is 0 Å². The first kappa shape index (κ1) is 18.7. The Morgan fingerprint density at radius 3 is 2.82 bits per heavy atom. The van der Waals surface area contributed by atoms with E-state index in [2.05, 4.69) is 15.0 Å². The molecule has 0 saturated carbocycles. The fourth-order valence-corrected chi connectivity index (χ4v) is 5.33. The average molecular weight is 451 g/mol. The second-order valence-corrected chi connectivity index (χ2v) is 8.39. The molecule has 0 unspecified atom stereocenters. The van der Waals surface area contributed by atoms with Crippen molar-refractivity contribution in [2.75, 3.05) is 5.73 Å². The molecule has 1 aromatic carbocycles. The predicted molar refractivity (Wildman–Crippen MR) is 99.0 cm³/mol. The number of aliphatic hydroxyl groups excluding tert-OH is 2. The van der Waals surface area contributed by atoms with Gasteiger partial charge in [-0.2, -0.15) is 0 Å². The summed E-state index contributed by atoms with van der Waals surface area (Å²) in [7, 11) is 0. The first-order chi connectivity index (χ1) is 13.5. The fourth-order valence-electron chi connectivity index (χ4n) is 3.05. The number of para-hydroxylation sites is 1. The summed E-state index contributed by atoms with van der Waals surface area (Å²) in [5, 5.41) is 32.4. The van der Waals surface area contributed by atoms with Crippen molar-refractivity contribution in [3.8, 4) is 0 Å². The van der Waals surface area contributed by atoms with Gasteiger partial charge in [-0.3, -0.25) is 0 Å². The molecule has 4 N–H and O–H groups in total. The Kier molecular flexibility index (Phi) is 4.96. The van der Waals surface area contributed by atoms with Gasteiger partial charge in [0.05, 0.1) is 0 Å². The number of nitrogens with two attached hydrogens (primary N) is 1. The van der Waals surface area contributed by atoms with Crippen molar-refractivity contribution < 1.29 is 19.9 Å². The van der Waals surface area contributed by atoms with Crippen molar-refractivity contribution >= 4 is 42.1 Å². The van der Waals surface area contributed by atoms with Gasteiger partial charge in [0, 0.05) is 0 Å². The Labute approximate surface area is 164 Å². The van der Waals surface area contributed by atoms with Crippen LogP contribution in [0.15, 0.2) is 36.9 Å². The number of imidazole rings is 1. The molecule has 146 valence electrons. The molecule has 0 radical (unpaired) electrons. The van der Waals surface area contributed by atoms with E-state index in [9.17, 15) is 20.3 Å². The van der Waals surface area contributed by atoms with E-state index in [0.29, 0.717) is 20.9 Å². The Balaban J connectivity index is 1.54. The molecular formula is C16H16N6O5Se. The van der Waals surface area contributed by atoms with Gasteiger partial charge in [-0.25, -0.2) is 0 Å². The number of nitrogen functional groups attached to an aromatic ring is 1. The summed E-state index contributed by atoms with van der Waals surface area (Å²) >= 11 is -0.326. The summed E-state index contributed by atoms with van der Waals surface area (Å²) in [6.45, 7) is 0. The molecule has 1 aliphatic rings. The van der Waals surface area contributed by atoms with Crippen molar-refractivity contribution in [3.63, 3.8) is 0 Å². The van der Waals surface area contributed by atoms with Crippen molar-refractivity contribution in [1.82, 2.24) is 19.5 Å². The third-order valence-corrected chi connectivity index (χ3v) is 6.88. The van der Waals surface area contributed by atoms with Crippen LogP contribution in [0.4, 0.5) is 11.5 Å². The quantitative estimate of drug-likeness (QED) is 0.261. The van der Waals surface area contributed by atoms with Gasteiger partial charge in [-0.1, -0.05) is 0 Å². The average Bonchev–Trinajstić information content (AvgIpc) is 3.23. The van der Waals surface area contributed by atoms with Gasteiger partial charge in [-0.05, 0) is 0 Å². The van der Waals surface area contributed by atoms with Crippen LogP contribution < -0.4 is 10.2 Å². The first-order valence-electron chi connectivity index (χ1n) is 8.28. The van der Waals surface area contributed by atoms with Crippen LogP contribution in [-0.4, -0.2) is 67.9 Å². The molecular weight excluding hydrogens is 435 g/mol. The Hall–Kier alpha value is -2.63. The summed E-state index contributed by atoms with van der Waals surface area (Å²) < 4.78 is 7.97. The van der Waals surface area contributed by atoms with Gasteiger partial charge >= 0.3 is 164 Å². The standard InChI is InChI=1S/C16H16N6O5Se/c17-14-11-15(19-6-18-14)21(7-20-11)16-13(24)12(23)9(27-16)5-28-10-4-2-1-3-8(10)22(25)26/h1-4,6-7,9,12-13,16,23-24H,5H2,(H2,17,18,19)/t9-,12+,13+,16+/m0/s1. The zero-order valence-electron chi connectivity index (χ0n) is 14.3. The molecule has 3 aromatic rings. The summed E-state index contributed by atoms with van der Waals surface area (Å²) in [5.41, 5.74) is 6.58. The van der Waals surface area contributed by atoms with Crippen LogP contribution in [0.3, 0.4) is 0 Å². The topological polar surface area (TPSA) is 162 Å². The molecule has 0 aliphatic carbocycles. The number of ether oxygens (including phenoxy) is 1. The molecule has 12 heteroatoms. The van der Waals surface area contributed by atoms with E-state index in [1.807, 2.05) is 0 Å². The molecule has 2 aromatic heterocycles. The molecule has 4 rings (SSSR count). The van der Waals surface area contributed by atoms with E-state index in [-0.39, 0.29) is 26.5 Å². The Morgan fingerprint density at radius 1 is 1.25 bits per heavy atom. The molecule has 0 spiro atoms. The Morgan fingerprint density at radius 2 is 2.04 bits per heavy atom. The van der Waals surface area contributed by atoms with E-state index in [1.165, 1.54) is 23.3 Å². The minimum atomic E-state index is -1.21. The molecule has 3 heterocycles. The SMILES string of the molecule is Nc1ncnc2c1ncn2[C@@H]1O[C@@H](C[Se]c2ccccc2[N+](=O)[O-])[C@@H](O)[C@H]1O. The molecule has 1 saturated heterocycles. The second kappa shape index (κ2) is 7.41. The number of fused-ring (bicyclic) bond motifs is 1. The molecule has 4 atom stereocenters. The maximum atomic E-state index is 11.2. The number of hydrogen-bond acceptors (Lipinski definition) is 9. The first-order valence-corrected chi connectivity index (χ1v) is 10.3. The normalized spacial score (nSPS) is 24.6. The van der Waals surface area contributed by atoms with Crippen molar-refractivity contribution in [2.45, 2.75) is 29.9 Å². The van der Waals surface area contributed by atoms with Gasteiger partial charge in [0.15, 0.2) is 0 Å². The Bertz CT molecular complexity index is 1030. The summed E-state index contributed by atoms with van der Waals surface area (Å²) in [6.07, 6.45) is -1.24. The third kappa shape index (κ3) is 3.21. The van der Waals surface area contributed by atoms with Gasteiger partial charge in [0.2, 0.25) is 0 Å². The van der Waals surface area contributed by atoms with Gasteiger partial charge < -0.3 is 0 Å². The van der Waals surface area contributed by atoms with Crippen molar-refractivity contribution in [2.24, 2.45) is 0 Å². The molecule has 1 aliphatic heterocycles. The molecule has 28 heavy (non-hydrogen) atoms. The van der Waals surface area contributed by atoms with Crippen LogP contribution >= 0.6 is 0 Å². The fraction of sp³-hybridized carbons (Fsp3) is 0.312. The van der Waals surface area contributed by atoms with E-state index < -0.39 is 29.5 Å². The number of benzene rings is 1.